The van der Waals surface area contributed by atoms with Gasteiger partial charge in [0, 0.05) is 12.2 Å². The number of rotatable bonds is 5. The Hall–Kier alpha value is -1.66. The SMILES string of the molecule is NC(=NO)c1cc(F)ccc1COCC1CCCO1. The van der Waals surface area contributed by atoms with E-state index in [9.17, 15) is 4.39 Å². The molecule has 1 aliphatic heterocycles. The number of nitrogens with two attached hydrogens (primary N) is 1. The van der Waals surface area contributed by atoms with Crippen molar-refractivity contribution in [2.45, 2.75) is 25.6 Å². The highest BCUT2D eigenvalue weighted by Gasteiger charge is 2.16. The third-order valence-corrected chi connectivity index (χ3v) is 3.04. The van der Waals surface area contributed by atoms with E-state index in [4.69, 9.17) is 20.4 Å². The number of halogens is 1. The lowest BCUT2D eigenvalue weighted by atomic mass is 10.1. The molecule has 3 N–H and O–H groups in total. The first kappa shape index (κ1) is 13.8. The maximum atomic E-state index is 13.2. The van der Waals surface area contributed by atoms with E-state index < -0.39 is 5.82 Å². The smallest absolute Gasteiger partial charge is 0.170 e. The first-order valence-corrected chi connectivity index (χ1v) is 6.16. The van der Waals surface area contributed by atoms with Crippen LogP contribution in [0.1, 0.15) is 24.0 Å². The molecule has 0 aliphatic carbocycles. The van der Waals surface area contributed by atoms with E-state index in [0.717, 1.165) is 19.4 Å². The number of hydrogen-bond donors (Lipinski definition) is 2. The van der Waals surface area contributed by atoms with Crippen molar-refractivity contribution in [1.29, 1.82) is 0 Å². The number of hydrogen-bond acceptors (Lipinski definition) is 4. The molecule has 0 saturated carbocycles. The number of ether oxygens (including phenoxy) is 2. The first-order valence-electron chi connectivity index (χ1n) is 6.16. The van der Waals surface area contributed by atoms with Gasteiger partial charge in [-0.3, -0.25) is 0 Å². The van der Waals surface area contributed by atoms with Gasteiger partial charge in [-0.2, -0.15) is 0 Å². The third kappa shape index (κ3) is 3.65. The summed E-state index contributed by atoms with van der Waals surface area (Å²) in [6.45, 7) is 1.54. The fourth-order valence-corrected chi connectivity index (χ4v) is 2.04. The molecule has 0 amide bonds. The molecule has 0 bridgehead atoms. The van der Waals surface area contributed by atoms with Gasteiger partial charge in [0.15, 0.2) is 5.84 Å². The van der Waals surface area contributed by atoms with Crippen molar-refractivity contribution in [3.8, 4) is 0 Å². The summed E-state index contributed by atoms with van der Waals surface area (Å²) in [6.07, 6.45) is 2.18. The summed E-state index contributed by atoms with van der Waals surface area (Å²) in [6, 6.07) is 4.11. The predicted octanol–water partition coefficient (Wildman–Crippen LogP) is 1.62. The fraction of sp³-hybridized carbons (Fsp3) is 0.462. The van der Waals surface area contributed by atoms with Gasteiger partial charge < -0.3 is 20.4 Å². The standard InChI is InChI=1S/C13H17FN2O3/c14-10-4-3-9(12(6-10)13(15)16-17)7-18-8-11-2-1-5-19-11/h3-4,6,11,17H,1-2,5,7-8H2,(H2,15,16). The molecule has 1 unspecified atom stereocenters. The van der Waals surface area contributed by atoms with E-state index in [1.807, 2.05) is 0 Å². The lowest BCUT2D eigenvalue weighted by Gasteiger charge is -2.12. The molecule has 19 heavy (non-hydrogen) atoms. The van der Waals surface area contributed by atoms with Gasteiger partial charge in [0.1, 0.15) is 5.82 Å². The predicted molar refractivity (Wildman–Crippen MR) is 67.5 cm³/mol. The Morgan fingerprint density at radius 2 is 2.42 bits per heavy atom. The minimum absolute atomic E-state index is 0.129. The summed E-state index contributed by atoms with van der Waals surface area (Å²) in [5, 5.41) is 11.6. The van der Waals surface area contributed by atoms with Crippen LogP contribution < -0.4 is 5.73 Å². The second-order valence-electron chi connectivity index (χ2n) is 4.44. The first-order chi connectivity index (χ1) is 9.20. The van der Waals surface area contributed by atoms with Crippen molar-refractivity contribution < 1.29 is 19.1 Å². The van der Waals surface area contributed by atoms with Crippen LogP contribution in [0.25, 0.3) is 0 Å². The van der Waals surface area contributed by atoms with Crippen LogP contribution in [0.4, 0.5) is 4.39 Å². The van der Waals surface area contributed by atoms with Gasteiger partial charge in [0.05, 0.1) is 19.3 Å². The van der Waals surface area contributed by atoms with Crippen LogP contribution in [0.5, 0.6) is 0 Å². The van der Waals surface area contributed by atoms with Gasteiger partial charge in [-0.25, -0.2) is 4.39 Å². The van der Waals surface area contributed by atoms with Crippen LogP contribution in [0.2, 0.25) is 0 Å². The van der Waals surface area contributed by atoms with Crippen LogP contribution in [-0.2, 0) is 16.1 Å². The molecule has 0 radical (unpaired) electrons. The largest absolute Gasteiger partial charge is 0.409 e. The van der Waals surface area contributed by atoms with Gasteiger partial charge in [-0.15, -0.1) is 0 Å². The zero-order chi connectivity index (χ0) is 13.7. The molecule has 1 aromatic carbocycles. The van der Waals surface area contributed by atoms with E-state index in [1.165, 1.54) is 12.1 Å². The Bertz CT molecular complexity index is 459. The van der Waals surface area contributed by atoms with Crippen LogP contribution >= 0.6 is 0 Å². The Balaban J connectivity index is 1.98. The Labute approximate surface area is 110 Å². The molecule has 1 heterocycles. The molecule has 5 nitrogen and oxygen atoms in total. The van der Waals surface area contributed by atoms with Crippen LogP contribution in [0.15, 0.2) is 23.4 Å². The Morgan fingerprint density at radius 3 is 3.11 bits per heavy atom. The monoisotopic (exact) mass is 268 g/mol. The minimum Gasteiger partial charge on any atom is -0.409 e. The topological polar surface area (TPSA) is 77.1 Å². The van der Waals surface area contributed by atoms with Crippen LogP contribution in [0, 0.1) is 5.82 Å². The van der Waals surface area contributed by atoms with Gasteiger partial charge in [0.2, 0.25) is 0 Å². The summed E-state index contributed by atoms with van der Waals surface area (Å²) in [4.78, 5) is 0. The van der Waals surface area contributed by atoms with E-state index in [2.05, 4.69) is 5.16 Å². The molecule has 1 fully saturated rings. The van der Waals surface area contributed by atoms with Crippen molar-refractivity contribution in [3.05, 3.63) is 35.1 Å². The Kier molecular flexibility index (Phi) is 4.70. The number of benzene rings is 1. The highest BCUT2D eigenvalue weighted by molar-refractivity contribution is 5.98. The average Bonchev–Trinajstić information content (AvgIpc) is 2.92. The molecule has 2 rings (SSSR count). The summed E-state index contributed by atoms with van der Waals surface area (Å²) in [7, 11) is 0. The highest BCUT2D eigenvalue weighted by Crippen LogP contribution is 2.15. The molecule has 6 heteroatoms. The maximum Gasteiger partial charge on any atom is 0.170 e. The molecule has 0 spiro atoms. The second-order valence-corrected chi connectivity index (χ2v) is 4.44. The summed E-state index contributed by atoms with van der Waals surface area (Å²) >= 11 is 0. The summed E-state index contributed by atoms with van der Waals surface area (Å²) in [5.41, 5.74) is 6.53. The summed E-state index contributed by atoms with van der Waals surface area (Å²) in [5.74, 6) is -0.570. The van der Waals surface area contributed by atoms with E-state index in [0.29, 0.717) is 17.7 Å². The van der Waals surface area contributed by atoms with E-state index in [-0.39, 0.29) is 18.5 Å². The zero-order valence-corrected chi connectivity index (χ0v) is 10.5. The lowest BCUT2D eigenvalue weighted by molar-refractivity contribution is 0.0105. The number of oxime groups is 1. The number of amidine groups is 1. The van der Waals surface area contributed by atoms with Crippen molar-refractivity contribution in [2.24, 2.45) is 10.9 Å². The van der Waals surface area contributed by atoms with Gasteiger partial charge in [0.25, 0.3) is 0 Å². The van der Waals surface area contributed by atoms with Crippen molar-refractivity contribution in [2.75, 3.05) is 13.2 Å². The normalized spacial score (nSPS) is 19.8. The van der Waals surface area contributed by atoms with Gasteiger partial charge in [-0.1, -0.05) is 11.2 Å². The van der Waals surface area contributed by atoms with Crippen molar-refractivity contribution in [1.82, 2.24) is 0 Å². The molecule has 0 aromatic heterocycles. The molecule has 1 atom stereocenters. The molecule has 1 saturated heterocycles. The minimum atomic E-state index is -0.440. The molecular weight excluding hydrogens is 251 g/mol. The van der Waals surface area contributed by atoms with Gasteiger partial charge >= 0.3 is 0 Å². The van der Waals surface area contributed by atoms with Crippen molar-refractivity contribution in [3.63, 3.8) is 0 Å². The number of nitrogens with zero attached hydrogens (tertiary/aromatic N) is 1. The maximum absolute atomic E-state index is 13.2. The zero-order valence-electron chi connectivity index (χ0n) is 10.5. The molecule has 1 aromatic rings. The van der Waals surface area contributed by atoms with E-state index >= 15 is 0 Å². The summed E-state index contributed by atoms with van der Waals surface area (Å²) < 4.78 is 24.1. The molecule has 104 valence electrons. The van der Waals surface area contributed by atoms with Crippen molar-refractivity contribution >= 4 is 5.84 Å². The highest BCUT2D eigenvalue weighted by atomic mass is 19.1. The average molecular weight is 268 g/mol. The second kappa shape index (κ2) is 6.49. The molecular formula is C13H17FN2O3. The molecule has 1 aliphatic rings. The quantitative estimate of drug-likeness (QED) is 0.368. The third-order valence-electron chi connectivity index (χ3n) is 3.04. The van der Waals surface area contributed by atoms with Gasteiger partial charge in [-0.05, 0) is 30.5 Å². The van der Waals surface area contributed by atoms with Crippen LogP contribution in [0.3, 0.4) is 0 Å². The van der Waals surface area contributed by atoms with E-state index in [1.54, 1.807) is 6.07 Å². The fourth-order valence-electron chi connectivity index (χ4n) is 2.04. The lowest BCUT2D eigenvalue weighted by Crippen LogP contribution is -2.18. The van der Waals surface area contributed by atoms with Crippen LogP contribution in [-0.4, -0.2) is 30.4 Å². The Morgan fingerprint density at radius 1 is 1.58 bits per heavy atom.